The quantitative estimate of drug-likeness (QED) is 0.579. The average Bonchev–Trinajstić information content (AvgIpc) is 3.40. The molecule has 0 aromatic heterocycles. The summed E-state index contributed by atoms with van der Waals surface area (Å²) in [6.45, 7) is 0.599. The molecule has 0 radical (unpaired) electrons. The molecular formula is C19H26N4O5S. The summed E-state index contributed by atoms with van der Waals surface area (Å²) >= 11 is 0. The molecule has 1 aliphatic heterocycles. The number of nitrogens with one attached hydrogen (secondary N) is 3. The second-order valence-electron chi connectivity index (χ2n) is 7.32. The third-order valence-electron chi connectivity index (χ3n) is 5.13. The summed E-state index contributed by atoms with van der Waals surface area (Å²) in [5, 5.41) is 7.47. The van der Waals surface area contributed by atoms with E-state index in [2.05, 4.69) is 16.0 Å². The highest BCUT2D eigenvalue weighted by atomic mass is 32.2. The van der Waals surface area contributed by atoms with E-state index in [1.165, 1.54) is 16.4 Å². The van der Waals surface area contributed by atoms with Gasteiger partial charge in [-0.2, -0.15) is 4.31 Å². The van der Waals surface area contributed by atoms with Crippen molar-refractivity contribution >= 4 is 33.4 Å². The van der Waals surface area contributed by atoms with Gasteiger partial charge in [0.1, 0.15) is 0 Å². The van der Waals surface area contributed by atoms with Crippen LogP contribution in [0.2, 0.25) is 0 Å². The summed E-state index contributed by atoms with van der Waals surface area (Å²) in [4.78, 5) is 35.8. The maximum Gasteiger partial charge on any atom is 0.309 e. The first-order valence-electron chi connectivity index (χ1n) is 9.85. The van der Waals surface area contributed by atoms with E-state index in [1.807, 2.05) is 0 Å². The van der Waals surface area contributed by atoms with Crippen LogP contribution in [0.25, 0.3) is 0 Å². The molecule has 1 saturated carbocycles. The molecule has 0 unspecified atom stereocenters. The van der Waals surface area contributed by atoms with Crippen molar-refractivity contribution in [2.45, 2.75) is 49.5 Å². The average molecular weight is 423 g/mol. The second-order valence-corrected chi connectivity index (χ2v) is 9.26. The van der Waals surface area contributed by atoms with Crippen LogP contribution in [-0.2, 0) is 24.4 Å². The molecule has 3 N–H and O–H groups in total. The van der Waals surface area contributed by atoms with E-state index in [4.69, 9.17) is 0 Å². The van der Waals surface area contributed by atoms with Gasteiger partial charge in [0.2, 0.25) is 15.9 Å². The Labute approximate surface area is 170 Å². The summed E-state index contributed by atoms with van der Waals surface area (Å²) in [6.07, 6.45) is 5.45. The Hall–Kier alpha value is -2.46. The normalized spacial score (nSPS) is 17.8. The minimum absolute atomic E-state index is 0.0161. The SMILES string of the molecule is O=C(CNC(=O)C(=O)NC1CCCC1)Nc1cccc(S(=O)(=O)N2CCCC2)c1. The standard InChI is InChI=1S/C19H26N4O5S/c24-17(13-20-18(25)19(26)22-14-6-1-2-7-14)21-15-8-5-9-16(12-15)29(27,28)23-10-3-4-11-23/h5,8-9,12,14H,1-4,6-7,10-11,13H2,(H,20,25)(H,21,24)(H,22,26). The fraction of sp³-hybridized carbons (Fsp3) is 0.526. The van der Waals surface area contributed by atoms with E-state index in [-0.39, 0.29) is 17.5 Å². The first-order valence-corrected chi connectivity index (χ1v) is 11.3. The topological polar surface area (TPSA) is 125 Å². The third-order valence-corrected chi connectivity index (χ3v) is 7.02. The van der Waals surface area contributed by atoms with Crippen molar-refractivity contribution in [1.82, 2.24) is 14.9 Å². The second kappa shape index (κ2) is 9.36. The van der Waals surface area contributed by atoms with Crippen LogP contribution < -0.4 is 16.0 Å². The van der Waals surface area contributed by atoms with E-state index < -0.39 is 27.7 Å². The number of sulfonamides is 1. The van der Waals surface area contributed by atoms with E-state index in [0.717, 1.165) is 38.5 Å². The Morgan fingerprint density at radius 1 is 1.00 bits per heavy atom. The number of carbonyl (C=O) groups is 3. The number of hydrogen-bond acceptors (Lipinski definition) is 5. The van der Waals surface area contributed by atoms with Gasteiger partial charge in [-0.25, -0.2) is 8.42 Å². The summed E-state index contributed by atoms with van der Waals surface area (Å²) < 4.78 is 26.7. The van der Waals surface area contributed by atoms with Gasteiger partial charge in [0.15, 0.2) is 0 Å². The molecule has 1 aromatic carbocycles. The lowest BCUT2D eigenvalue weighted by Crippen LogP contribution is -2.45. The molecule has 1 aliphatic carbocycles. The van der Waals surface area contributed by atoms with Crippen LogP contribution in [0.15, 0.2) is 29.2 Å². The van der Waals surface area contributed by atoms with Crippen LogP contribution in [0.5, 0.6) is 0 Å². The molecule has 1 aromatic rings. The van der Waals surface area contributed by atoms with Crippen molar-refractivity contribution < 1.29 is 22.8 Å². The van der Waals surface area contributed by atoms with E-state index >= 15 is 0 Å². The van der Waals surface area contributed by atoms with Crippen molar-refractivity contribution in [2.75, 3.05) is 25.0 Å². The van der Waals surface area contributed by atoms with Gasteiger partial charge < -0.3 is 16.0 Å². The summed E-state index contributed by atoms with van der Waals surface area (Å²) in [5.41, 5.74) is 0.305. The van der Waals surface area contributed by atoms with Gasteiger partial charge in [-0.15, -0.1) is 0 Å². The van der Waals surface area contributed by atoms with E-state index in [9.17, 15) is 22.8 Å². The summed E-state index contributed by atoms with van der Waals surface area (Å²) in [6, 6.07) is 6.00. The molecule has 0 spiro atoms. The lowest BCUT2D eigenvalue weighted by atomic mass is 10.2. The smallest absolute Gasteiger partial charge is 0.309 e. The molecule has 158 valence electrons. The molecule has 1 heterocycles. The van der Waals surface area contributed by atoms with Gasteiger partial charge in [-0.3, -0.25) is 14.4 Å². The third kappa shape index (κ3) is 5.54. The van der Waals surface area contributed by atoms with Crippen molar-refractivity contribution in [2.24, 2.45) is 0 Å². The fourth-order valence-corrected chi connectivity index (χ4v) is 5.14. The van der Waals surface area contributed by atoms with Crippen LogP contribution in [0, 0.1) is 0 Å². The molecule has 29 heavy (non-hydrogen) atoms. The first-order chi connectivity index (χ1) is 13.9. The minimum Gasteiger partial charge on any atom is -0.345 e. The van der Waals surface area contributed by atoms with E-state index in [0.29, 0.717) is 18.8 Å². The number of hydrogen-bond donors (Lipinski definition) is 3. The summed E-state index contributed by atoms with van der Waals surface area (Å²) in [5.74, 6) is -2.16. The summed E-state index contributed by atoms with van der Waals surface area (Å²) in [7, 11) is -3.59. The van der Waals surface area contributed by atoms with Gasteiger partial charge in [-0.1, -0.05) is 18.9 Å². The number of carbonyl (C=O) groups excluding carboxylic acids is 3. The number of benzene rings is 1. The predicted molar refractivity (Wildman–Crippen MR) is 106 cm³/mol. The Morgan fingerprint density at radius 3 is 2.38 bits per heavy atom. The lowest BCUT2D eigenvalue weighted by molar-refractivity contribution is -0.140. The monoisotopic (exact) mass is 422 g/mol. The number of rotatable bonds is 6. The Bertz CT molecular complexity index is 874. The van der Waals surface area contributed by atoms with Crippen LogP contribution in [0.3, 0.4) is 0 Å². The molecule has 9 nitrogen and oxygen atoms in total. The van der Waals surface area contributed by atoms with Gasteiger partial charge >= 0.3 is 11.8 Å². The van der Waals surface area contributed by atoms with Crippen LogP contribution >= 0.6 is 0 Å². The van der Waals surface area contributed by atoms with Gasteiger partial charge in [0.05, 0.1) is 11.4 Å². The number of amides is 3. The zero-order valence-corrected chi connectivity index (χ0v) is 17.0. The molecule has 10 heteroatoms. The number of nitrogens with zero attached hydrogens (tertiary/aromatic N) is 1. The molecule has 2 aliphatic rings. The molecule has 1 saturated heterocycles. The lowest BCUT2D eigenvalue weighted by Gasteiger charge is -2.16. The Balaban J connectivity index is 1.51. The Kier molecular flexibility index (Phi) is 6.86. The Morgan fingerprint density at radius 2 is 1.69 bits per heavy atom. The molecule has 0 bridgehead atoms. The van der Waals surface area contributed by atoms with Crippen LogP contribution in [0.1, 0.15) is 38.5 Å². The molecule has 2 fully saturated rings. The highest BCUT2D eigenvalue weighted by Gasteiger charge is 2.27. The van der Waals surface area contributed by atoms with Gasteiger partial charge in [0.25, 0.3) is 0 Å². The fourth-order valence-electron chi connectivity index (χ4n) is 3.58. The predicted octanol–water partition coefficient (Wildman–Crippen LogP) is 0.585. The van der Waals surface area contributed by atoms with Crippen LogP contribution in [0.4, 0.5) is 5.69 Å². The molecule has 3 amide bonds. The molecule has 0 atom stereocenters. The maximum atomic E-state index is 12.6. The molecular weight excluding hydrogens is 396 g/mol. The first kappa shape index (κ1) is 21.3. The van der Waals surface area contributed by atoms with Crippen molar-refractivity contribution in [3.05, 3.63) is 24.3 Å². The maximum absolute atomic E-state index is 12.6. The zero-order chi connectivity index (χ0) is 20.9. The van der Waals surface area contributed by atoms with E-state index in [1.54, 1.807) is 12.1 Å². The van der Waals surface area contributed by atoms with Gasteiger partial charge in [0, 0.05) is 24.8 Å². The largest absolute Gasteiger partial charge is 0.345 e. The van der Waals surface area contributed by atoms with Gasteiger partial charge in [-0.05, 0) is 43.9 Å². The van der Waals surface area contributed by atoms with Crippen molar-refractivity contribution in [3.8, 4) is 0 Å². The zero-order valence-electron chi connectivity index (χ0n) is 16.1. The van der Waals surface area contributed by atoms with Crippen molar-refractivity contribution in [3.63, 3.8) is 0 Å². The van der Waals surface area contributed by atoms with Crippen molar-refractivity contribution in [1.29, 1.82) is 0 Å². The van der Waals surface area contributed by atoms with Crippen LogP contribution in [-0.4, -0.2) is 56.1 Å². The minimum atomic E-state index is -3.59. The highest BCUT2D eigenvalue weighted by Crippen LogP contribution is 2.23. The highest BCUT2D eigenvalue weighted by molar-refractivity contribution is 7.89. The molecule has 3 rings (SSSR count). The number of anilines is 1.